The number of hydrogen-bond donors (Lipinski definition) is 2. The zero-order valence-corrected chi connectivity index (χ0v) is 17.8. The number of carbonyl (C=O) groups excluding carboxylic acids is 2. The van der Waals surface area contributed by atoms with Crippen molar-refractivity contribution in [3.8, 4) is 11.5 Å². The number of amides is 2. The number of hydrogen-bond acceptors (Lipinski definition) is 6. The first-order chi connectivity index (χ1) is 14.2. The van der Waals surface area contributed by atoms with Gasteiger partial charge in [0.25, 0.3) is 5.91 Å². The quantitative estimate of drug-likeness (QED) is 0.696. The molecular formula is C21H24N2O6S. The Hall–Kier alpha value is -3.07. The standard InChI is InChI=1S/C21H24N2O6S/c1-4-28-16-7-5-15(6-8-16)22-20(24)10-14(3)30(26,27)19-11-18-17(9-13(19)2)23-21(25)12-29-18/h5-9,11,14H,4,10,12H2,1-3H3,(H,22,24)(H,23,25)/t14-/m0/s1. The molecule has 0 fully saturated rings. The van der Waals surface area contributed by atoms with Gasteiger partial charge in [-0.15, -0.1) is 0 Å². The minimum absolute atomic E-state index is 0.0822. The molecule has 0 saturated carbocycles. The van der Waals surface area contributed by atoms with Crippen molar-refractivity contribution in [1.82, 2.24) is 0 Å². The molecule has 0 aliphatic carbocycles. The van der Waals surface area contributed by atoms with Crippen molar-refractivity contribution in [3.05, 3.63) is 42.0 Å². The van der Waals surface area contributed by atoms with E-state index in [-0.39, 0.29) is 23.8 Å². The third-order valence-electron chi connectivity index (χ3n) is 4.67. The normalized spacial score (nSPS) is 14.2. The van der Waals surface area contributed by atoms with Crippen LogP contribution >= 0.6 is 0 Å². The number of aryl methyl sites for hydroxylation is 1. The zero-order valence-electron chi connectivity index (χ0n) is 17.0. The third kappa shape index (κ3) is 4.73. The Bertz CT molecular complexity index is 1060. The highest BCUT2D eigenvalue weighted by molar-refractivity contribution is 7.92. The lowest BCUT2D eigenvalue weighted by atomic mass is 10.2. The van der Waals surface area contributed by atoms with E-state index in [1.807, 2.05) is 6.92 Å². The molecule has 30 heavy (non-hydrogen) atoms. The average molecular weight is 432 g/mol. The topological polar surface area (TPSA) is 111 Å². The van der Waals surface area contributed by atoms with E-state index in [1.54, 1.807) is 37.3 Å². The van der Waals surface area contributed by atoms with Crippen LogP contribution in [0.25, 0.3) is 0 Å². The van der Waals surface area contributed by atoms with Gasteiger partial charge in [0.05, 0.1) is 22.4 Å². The molecule has 3 rings (SSSR count). The number of benzene rings is 2. The van der Waals surface area contributed by atoms with Gasteiger partial charge in [-0.3, -0.25) is 9.59 Å². The molecule has 0 spiro atoms. The number of rotatable bonds is 7. The lowest BCUT2D eigenvalue weighted by molar-refractivity contribution is -0.118. The van der Waals surface area contributed by atoms with Crippen LogP contribution in [-0.2, 0) is 19.4 Å². The third-order valence-corrected chi connectivity index (χ3v) is 6.95. The van der Waals surface area contributed by atoms with Crippen LogP contribution in [0.2, 0.25) is 0 Å². The minimum Gasteiger partial charge on any atom is -0.494 e. The van der Waals surface area contributed by atoms with Crippen molar-refractivity contribution < 1.29 is 27.5 Å². The van der Waals surface area contributed by atoms with Gasteiger partial charge >= 0.3 is 0 Å². The Labute approximate surface area is 175 Å². The summed E-state index contributed by atoms with van der Waals surface area (Å²) in [5.74, 6) is 0.281. The Morgan fingerprint density at radius 1 is 1.27 bits per heavy atom. The van der Waals surface area contributed by atoms with E-state index in [4.69, 9.17) is 9.47 Å². The van der Waals surface area contributed by atoms with E-state index in [0.29, 0.717) is 35.0 Å². The maximum absolute atomic E-state index is 13.1. The zero-order chi connectivity index (χ0) is 21.9. The first-order valence-corrected chi connectivity index (χ1v) is 11.1. The number of fused-ring (bicyclic) bond motifs is 1. The van der Waals surface area contributed by atoms with Gasteiger partial charge in [0.15, 0.2) is 16.4 Å². The van der Waals surface area contributed by atoms with Crippen molar-refractivity contribution in [1.29, 1.82) is 0 Å². The van der Waals surface area contributed by atoms with Gasteiger partial charge in [-0.2, -0.15) is 0 Å². The molecule has 1 aliphatic heterocycles. The molecule has 0 saturated heterocycles. The molecule has 2 amide bonds. The molecule has 1 heterocycles. The highest BCUT2D eigenvalue weighted by atomic mass is 32.2. The fourth-order valence-corrected chi connectivity index (χ4v) is 4.71. The van der Waals surface area contributed by atoms with Crippen molar-refractivity contribution >= 4 is 33.0 Å². The van der Waals surface area contributed by atoms with Crippen LogP contribution in [0.5, 0.6) is 11.5 Å². The van der Waals surface area contributed by atoms with Crippen LogP contribution in [0.15, 0.2) is 41.3 Å². The van der Waals surface area contributed by atoms with Crippen LogP contribution in [0, 0.1) is 6.92 Å². The Morgan fingerprint density at radius 3 is 2.63 bits per heavy atom. The summed E-state index contributed by atoms with van der Waals surface area (Å²) in [5.41, 5.74) is 1.46. The number of anilines is 2. The van der Waals surface area contributed by atoms with E-state index in [0.717, 1.165) is 0 Å². The summed E-state index contributed by atoms with van der Waals surface area (Å²) in [5, 5.41) is 4.40. The van der Waals surface area contributed by atoms with Crippen LogP contribution in [-0.4, -0.2) is 38.7 Å². The molecule has 8 nitrogen and oxygen atoms in total. The van der Waals surface area contributed by atoms with E-state index in [1.165, 1.54) is 13.0 Å². The Kier molecular flexibility index (Phi) is 6.31. The second-order valence-corrected chi connectivity index (χ2v) is 9.35. The molecule has 1 atom stereocenters. The lowest BCUT2D eigenvalue weighted by Crippen LogP contribution is -2.27. The predicted octanol–water partition coefficient (Wildman–Crippen LogP) is 2.92. The molecule has 0 bridgehead atoms. The monoisotopic (exact) mass is 432 g/mol. The van der Waals surface area contributed by atoms with Gasteiger partial charge in [0, 0.05) is 18.2 Å². The first-order valence-electron chi connectivity index (χ1n) is 9.54. The first kappa shape index (κ1) is 21.6. The summed E-state index contributed by atoms with van der Waals surface area (Å²) >= 11 is 0. The summed E-state index contributed by atoms with van der Waals surface area (Å²) in [6, 6.07) is 9.82. The van der Waals surface area contributed by atoms with E-state index in [2.05, 4.69) is 10.6 Å². The largest absolute Gasteiger partial charge is 0.494 e. The molecule has 0 unspecified atom stereocenters. The van der Waals surface area contributed by atoms with Crippen molar-refractivity contribution in [2.24, 2.45) is 0 Å². The van der Waals surface area contributed by atoms with Crippen LogP contribution in [0.1, 0.15) is 25.8 Å². The van der Waals surface area contributed by atoms with Crippen molar-refractivity contribution in [2.45, 2.75) is 37.3 Å². The van der Waals surface area contributed by atoms with E-state index in [9.17, 15) is 18.0 Å². The van der Waals surface area contributed by atoms with Crippen LogP contribution in [0.3, 0.4) is 0 Å². The van der Waals surface area contributed by atoms with Crippen LogP contribution in [0.4, 0.5) is 11.4 Å². The van der Waals surface area contributed by atoms with Crippen LogP contribution < -0.4 is 20.1 Å². The Balaban J connectivity index is 1.72. The SMILES string of the molecule is CCOc1ccc(NC(=O)C[C@H](C)S(=O)(=O)c2cc3c(cc2C)NC(=O)CO3)cc1. The summed E-state index contributed by atoms with van der Waals surface area (Å²) in [6.45, 7) is 5.38. The van der Waals surface area contributed by atoms with E-state index >= 15 is 0 Å². The highest BCUT2D eigenvalue weighted by Gasteiger charge is 2.29. The van der Waals surface area contributed by atoms with Gasteiger partial charge in [0.2, 0.25) is 5.91 Å². The summed E-state index contributed by atoms with van der Waals surface area (Å²) in [6.07, 6.45) is -0.205. The number of ether oxygens (including phenoxy) is 2. The summed E-state index contributed by atoms with van der Waals surface area (Å²) in [7, 11) is -3.79. The Morgan fingerprint density at radius 2 is 1.97 bits per heavy atom. The van der Waals surface area contributed by atoms with Gasteiger partial charge < -0.3 is 20.1 Å². The predicted molar refractivity (Wildman–Crippen MR) is 113 cm³/mol. The summed E-state index contributed by atoms with van der Waals surface area (Å²) < 4.78 is 36.8. The molecule has 0 aromatic heterocycles. The number of carbonyl (C=O) groups is 2. The molecule has 0 radical (unpaired) electrons. The molecule has 2 N–H and O–H groups in total. The minimum atomic E-state index is -3.79. The van der Waals surface area contributed by atoms with Gasteiger partial charge in [-0.1, -0.05) is 0 Å². The lowest BCUT2D eigenvalue weighted by Gasteiger charge is -2.21. The molecule has 9 heteroatoms. The molecule has 1 aliphatic rings. The molecule has 2 aromatic carbocycles. The number of sulfone groups is 1. The molecular weight excluding hydrogens is 408 g/mol. The second kappa shape index (κ2) is 8.74. The number of nitrogens with one attached hydrogen (secondary N) is 2. The fourth-order valence-electron chi connectivity index (χ4n) is 3.12. The maximum atomic E-state index is 13.1. The smallest absolute Gasteiger partial charge is 0.262 e. The van der Waals surface area contributed by atoms with Gasteiger partial charge in [-0.05, 0) is 56.7 Å². The molecule has 2 aromatic rings. The fraction of sp³-hybridized carbons (Fsp3) is 0.333. The highest BCUT2D eigenvalue weighted by Crippen LogP contribution is 2.34. The van der Waals surface area contributed by atoms with Crippen molar-refractivity contribution in [3.63, 3.8) is 0 Å². The average Bonchev–Trinajstić information content (AvgIpc) is 2.68. The van der Waals surface area contributed by atoms with Gasteiger partial charge in [0.1, 0.15) is 11.5 Å². The van der Waals surface area contributed by atoms with Crippen molar-refractivity contribution in [2.75, 3.05) is 23.8 Å². The maximum Gasteiger partial charge on any atom is 0.262 e. The summed E-state index contributed by atoms with van der Waals surface area (Å²) in [4.78, 5) is 23.9. The van der Waals surface area contributed by atoms with E-state index < -0.39 is 21.0 Å². The molecule has 160 valence electrons. The van der Waals surface area contributed by atoms with Gasteiger partial charge in [-0.25, -0.2) is 8.42 Å². The second-order valence-electron chi connectivity index (χ2n) is 7.02.